The molecule has 2 unspecified atom stereocenters. The molecular formula is C15H21NO2. The van der Waals surface area contributed by atoms with Crippen LogP contribution in [0.4, 0.5) is 0 Å². The number of rotatable bonds is 4. The number of likely N-dealkylation sites (N-methyl/N-ethyl adjacent to an activating group) is 1. The van der Waals surface area contributed by atoms with E-state index >= 15 is 0 Å². The van der Waals surface area contributed by atoms with Crippen molar-refractivity contribution < 1.29 is 9.90 Å². The van der Waals surface area contributed by atoms with Crippen molar-refractivity contribution in [2.45, 2.75) is 45.2 Å². The van der Waals surface area contributed by atoms with Crippen molar-refractivity contribution in [1.82, 2.24) is 4.90 Å². The molecule has 98 valence electrons. The summed E-state index contributed by atoms with van der Waals surface area (Å²) in [4.78, 5) is 13.3. The Balaban J connectivity index is 2.27. The minimum atomic E-state index is -0.721. The Morgan fingerprint density at radius 3 is 2.89 bits per heavy atom. The van der Waals surface area contributed by atoms with Gasteiger partial charge in [0.1, 0.15) is 6.04 Å². The maximum absolute atomic E-state index is 11.3. The molecule has 2 rings (SSSR count). The van der Waals surface area contributed by atoms with E-state index in [-0.39, 0.29) is 12.1 Å². The second-order valence-corrected chi connectivity index (χ2v) is 5.18. The Morgan fingerprint density at radius 1 is 1.56 bits per heavy atom. The van der Waals surface area contributed by atoms with Crippen LogP contribution in [-0.2, 0) is 11.2 Å². The van der Waals surface area contributed by atoms with Crippen LogP contribution in [0.2, 0.25) is 0 Å². The molecule has 1 aromatic rings. The Bertz CT molecular complexity index is 456. The van der Waals surface area contributed by atoms with E-state index in [9.17, 15) is 9.90 Å². The Morgan fingerprint density at radius 2 is 2.28 bits per heavy atom. The van der Waals surface area contributed by atoms with Crippen molar-refractivity contribution in [3.63, 3.8) is 0 Å². The van der Waals surface area contributed by atoms with Crippen molar-refractivity contribution in [3.8, 4) is 0 Å². The van der Waals surface area contributed by atoms with Crippen LogP contribution >= 0.6 is 0 Å². The molecule has 0 aromatic heterocycles. The van der Waals surface area contributed by atoms with Crippen LogP contribution < -0.4 is 0 Å². The van der Waals surface area contributed by atoms with Gasteiger partial charge in [-0.05, 0) is 44.4 Å². The van der Waals surface area contributed by atoms with Crippen molar-refractivity contribution in [3.05, 3.63) is 34.9 Å². The number of benzene rings is 1. The van der Waals surface area contributed by atoms with Crippen LogP contribution in [0.1, 0.15) is 42.5 Å². The molecule has 3 heteroatoms. The highest BCUT2D eigenvalue weighted by Crippen LogP contribution is 2.36. The first-order valence-corrected chi connectivity index (χ1v) is 6.58. The summed E-state index contributed by atoms with van der Waals surface area (Å²) in [6, 6.07) is 6.39. The summed E-state index contributed by atoms with van der Waals surface area (Å²) >= 11 is 0. The molecule has 0 spiro atoms. The van der Waals surface area contributed by atoms with Crippen LogP contribution in [-0.4, -0.2) is 29.1 Å². The first kappa shape index (κ1) is 13.1. The van der Waals surface area contributed by atoms with Gasteiger partial charge in [0, 0.05) is 6.04 Å². The summed E-state index contributed by atoms with van der Waals surface area (Å²) in [6.07, 6.45) is 2.73. The molecule has 18 heavy (non-hydrogen) atoms. The molecule has 0 amide bonds. The zero-order valence-corrected chi connectivity index (χ0v) is 11.3. The highest BCUT2D eigenvalue weighted by Gasteiger charge is 2.32. The maximum atomic E-state index is 11.3. The number of carboxylic acids is 1. The standard InChI is InChI=1S/C15H21NO2/c1-4-13(15(17)18)16(3)14-8-7-11-6-5-10(2)9-12(11)14/h5-6,9,13-14H,4,7-8H2,1-3H3,(H,17,18). The monoisotopic (exact) mass is 247 g/mol. The van der Waals surface area contributed by atoms with Gasteiger partial charge in [0.2, 0.25) is 0 Å². The summed E-state index contributed by atoms with van der Waals surface area (Å²) in [6.45, 7) is 4.02. The van der Waals surface area contributed by atoms with E-state index < -0.39 is 5.97 Å². The van der Waals surface area contributed by atoms with Gasteiger partial charge in [0.05, 0.1) is 0 Å². The third-order valence-electron chi connectivity index (χ3n) is 4.00. The second-order valence-electron chi connectivity index (χ2n) is 5.18. The lowest BCUT2D eigenvalue weighted by molar-refractivity contribution is -0.143. The number of carbonyl (C=O) groups is 1. The summed E-state index contributed by atoms with van der Waals surface area (Å²) in [5.74, 6) is -0.721. The normalized spacial score (nSPS) is 19.9. The smallest absolute Gasteiger partial charge is 0.320 e. The number of aliphatic carboxylic acids is 1. The number of carboxylic acid groups (broad SMARTS) is 1. The van der Waals surface area contributed by atoms with Gasteiger partial charge < -0.3 is 5.11 Å². The molecule has 1 aliphatic rings. The molecule has 1 aromatic carbocycles. The molecule has 0 saturated carbocycles. The Labute approximate surface area is 108 Å². The van der Waals surface area contributed by atoms with E-state index in [0.717, 1.165) is 12.8 Å². The molecule has 0 radical (unpaired) electrons. The van der Waals surface area contributed by atoms with E-state index in [1.54, 1.807) is 0 Å². The summed E-state index contributed by atoms with van der Waals surface area (Å²) in [7, 11) is 1.93. The molecule has 2 atom stereocenters. The average molecular weight is 247 g/mol. The first-order valence-electron chi connectivity index (χ1n) is 6.58. The summed E-state index contributed by atoms with van der Waals surface area (Å²) in [5, 5.41) is 9.26. The second kappa shape index (κ2) is 5.11. The third kappa shape index (κ3) is 2.27. The quantitative estimate of drug-likeness (QED) is 0.889. The van der Waals surface area contributed by atoms with Crippen LogP contribution in [0.5, 0.6) is 0 Å². The first-order chi connectivity index (χ1) is 8.54. The highest BCUT2D eigenvalue weighted by molar-refractivity contribution is 5.73. The zero-order valence-electron chi connectivity index (χ0n) is 11.3. The average Bonchev–Trinajstić information content (AvgIpc) is 2.71. The number of hydrogen-bond donors (Lipinski definition) is 1. The van der Waals surface area contributed by atoms with Gasteiger partial charge >= 0.3 is 5.97 Å². The lowest BCUT2D eigenvalue weighted by Crippen LogP contribution is -2.39. The minimum absolute atomic E-state index is 0.251. The molecule has 0 aliphatic heterocycles. The number of aryl methyl sites for hydroxylation is 2. The Hall–Kier alpha value is -1.35. The van der Waals surface area contributed by atoms with Crippen molar-refractivity contribution >= 4 is 5.97 Å². The van der Waals surface area contributed by atoms with Gasteiger partial charge in [-0.15, -0.1) is 0 Å². The lowest BCUT2D eigenvalue weighted by Gasteiger charge is -2.30. The van der Waals surface area contributed by atoms with Crippen LogP contribution in [0, 0.1) is 6.92 Å². The SMILES string of the molecule is CCC(C(=O)O)N(C)C1CCc2ccc(C)cc21. The van der Waals surface area contributed by atoms with E-state index in [4.69, 9.17) is 0 Å². The van der Waals surface area contributed by atoms with E-state index in [2.05, 4.69) is 25.1 Å². The highest BCUT2D eigenvalue weighted by atomic mass is 16.4. The summed E-state index contributed by atoms with van der Waals surface area (Å²) in [5.41, 5.74) is 3.94. The van der Waals surface area contributed by atoms with Gasteiger partial charge in [0.25, 0.3) is 0 Å². The molecule has 0 saturated heterocycles. The number of nitrogens with zero attached hydrogens (tertiary/aromatic N) is 1. The molecule has 1 N–H and O–H groups in total. The minimum Gasteiger partial charge on any atom is -0.480 e. The van der Waals surface area contributed by atoms with Crippen molar-refractivity contribution in [2.24, 2.45) is 0 Å². The predicted molar refractivity (Wildman–Crippen MR) is 71.7 cm³/mol. The fourth-order valence-corrected chi connectivity index (χ4v) is 2.98. The lowest BCUT2D eigenvalue weighted by atomic mass is 10.0. The van der Waals surface area contributed by atoms with Crippen LogP contribution in [0.15, 0.2) is 18.2 Å². The number of fused-ring (bicyclic) bond motifs is 1. The third-order valence-corrected chi connectivity index (χ3v) is 4.00. The summed E-state index contributed by atoms with van der Waals surface area (Å²) < 4.78 is 0. The van der Waals surface area contributed by atoms with E-state index in [0.29, 0.717) is 6.42 Å². The predicted octanol–water partition coefficient (Wildman–Crippen LogP) is 2.78. The Kier molecular flexibility index (Phi) is 3.71. The number of hydrogen-bond acceptors (Lipinski definition) is 2. The van der Waals surface area contributed by atoms with E-state index in [1.165, 1.54) is 16.7 Å². The molecular weight excluding hydrogens is 226 g/mol. The van der Waals surface area contributed by atoms with Crippen molar-refractivity contribution in [2.75, 3.05) is 7.05 Å². The largest absolute Gasteiger partial charge is 0.480 e. The molecule has 0 bridgehead atoms. The molecule has 1 aliphatic carbocycles. The van der Waals surface area contributed by atoms with Crippen LogP contribution in [0.25, 0.3) is 0 Å². The topological polar surface area (TPSA) is 40.5 Å². The van der Waals surface area contributed by atoms with Crippen LogP contribution in [0.3, 0.4) is 0 Å². The maximum Gasteiger partial charge on any atom is 0.320 e. The molecule has 0 fully saturated rings. The van der Waals surface area contributed by atoms with Gasteiger partial charge in [-0.1, -0.05) is 30.7 Å². The van der Waals surface area contributed by atoms with Gasteiger partial charge in [-0.2, -0.15) is 0 Å². The van der Waals surface area contributed by atoms with Gasteiger partial charge in [0.15, 0.2) is 0 Å². The molecule has 0 heterocycles. The fraction of sp³-hybridized carbons (Fsp3) is 0.533. The van der Waals surface area contributed by atoms with E-state index in [1.807, 2.05) is 18.9 Å². The van der Waals surface area contributed by atoms with Crippen molar-refractivity contribution in [1.29, 1.82) is 0 Å². The van der Waals surface area contributed by atoms with Gasteiger partial charge in [-0.3, -0.25) is 9.69 Å². The molecule has 3 nitrogen and oxygen atoms in total. The fourth-order valence-electron chi connectivity index (χ4n) is 2.98. The van der Waals surface area contributed by atoms with Gasteiger partial charge in [-0.25, -0.2) is 0 Å². The zero-order chi connectivity index (χ0) is 13.3.